The van der Waals surface area contributed by atoms with Gasteiger partial charge in [0.2, 0.25) is 5.91 Å². The van der Waals surface area contributed by atoms with Gasteiger partial charge in [-0.15, -0.1) is 0 Å². The van der Waals surface area contributed by atoms with Crippen LogP contribution in [0.4, 0.5) is 14.6 Å². The van der Waals surface area contributed by atoms with Crippen LogP contribution in [0.2, 0.25) is 0 Å². The van der Waals surface area contributed by atoms with E-state index in [4.69, 9.17) is 0 Å². The Morgan fingerprint density at radius 1 is 1.16 bits per heavy atom. The molecule has 2 aromatic rings. The standard InChI is InChI=1S/C17H18F2N4O2/c1-20-17(25)14(10-6-7-12(18)13(19)9-10)22-16(24)11-5-4-8-21-15(11)23(2)3/h4-9,14H,1-3H3,(H,20,25)(H,22,24). The second-order valence-corrected chi connectivity index (χ2v) is 5.46. The minimum Gasteiger partial charge on any atom is -0.362 e. The van der Waals surface area contributed by atoms with Gasteiger partial charge in [-0.3, -0.25) is 9.59 Å². The zero-order chi connectivity index (χ0) is 18.6. The molecule has 1 aromatic carbocycles. The van der Waals surface area contributed by atoms with Crippen LogP contribution in [0.15, 0.2) is 36.5 Å². The molecule has 1 unspecified atom stereocenters. The number of likely N-dealkylation sites (N-methyl/N-ethyl adjacent to an activating group) is 1. The molecule has 0 aliphatic carbocycles. The number of carbonyl (C=O) groups excluding carboxylic acids is 2. The highest BCUT2D eigenvalue weighted by Gasteiger charge is 2.25. The van der Waals surface area contributed by atoms with Crippen molar-refractivity contribution >= 4 is 17.6 Å². The number of nitrogens with zero attached hydrogens (tertiary/aromatic N) is 2. The van der Waals surface area contributed by atoms with Gasteiger partial charge in [0, 0.05) is 27.3 Å². The van der Waals surface area contributed by atoms with Gasteiger partial charge in [0.05, 0.1) is 5.56 Å². The molecule has 1 atom stereocenters. The molecule has 2 rings (SSSR count). The molecule has 0 fully saturated rings. The molecule has 2 amide bonds. The van der Waals surface area contributed by atoms with Gasteiger partial charge in [-0.2, -0.15) is 0 Å². The topological polar surface area (TPSA) is 74.3 Å². The fourth-order valence-corrected chi connectivity index (χ4v) is 2.28. The third-order valence-electron chi connectivity index (χ3n) is 3.52. The summed E-state index contributed by atoms with van der Waals surface area (Å²) in [6, 6.07) is 5.00. The van der Waals surface area contributed by atoms with E-state index in [1.54, 1.807) is 31.1 Å². The first-order valence-electron chi connectivity index (χ1n) is 7.45. The lowest BCUT2D eigenvalue weighted by Crippen LogP contribution is -2.39. The average molecular weight is 348 g/mol. The number of carbonyl (C=O) groups is 2. The van der Waals surface area contributed by atoms with Crippen molar-refractivity contribution < 1.29 is 18.4 Å². The molecule has 6 nitrogen and oxygen atoms in total. The summed E-state index contributed by atoms with van der Waals surface area (Å²) in [5.41, 5.74) is 0.380. The van der Waals surface area contributed by atoms with E-state index in [0.29, 0.717) is 5.82 Å². The minimum absolute atomic E-state index is 0.127. The number of pyridine rings is 1. The molecule has 132 valence electrons. The molecule has 0 radical (unpaired) electrons. The summed E-state index contributed by atoms with van der Waals surface area (Å²) in [5.74, 6) is -2.84. The Kier molecular flexibility index (Phi) is 5.63. The van der Waals surface area contributed by atoms with E-state index in [0.717, 1.165) is 12.1 Å². The van der Waals surface area contributed by atoms with E-state index < -0.39 is 29.5 Å². The maximum Gasteiger partial charge on any atom is 0.255 e. The number of rotatable bonds is 5. The summed E-state index contributed by atoms with van der Waals surface area (Å²) in [5, 5.41) is 4.93. The van der Waals surface area contributed by atoms with Gasteiger partial charge in [0.25, 0.3) is 5.91 Å². The first-order chi connectivity index (χ1) is 11.8. The first kappa shape index (κ1) is 18.3. The second-order valence-electron chi connectivity index (χ2n) is 5.46. The van der Waals surface area contributed by atoms with Crippen LogP contribution in [0.3, 0.4) is 0 Å². The van der Waals surface area contributed by atoms with Crippen LogP contribution in [0.25, 0.3) is 0 Å². The van der Waals surface area contributed by atoms with E-state index in [1.807, 2.05) is 0 Å². The van der Waals surface area contributed by atoms with E-state index in [-0.39, 0.29) is 11.1 Å². The van der Waals surface area contributed by atoms with Gasteiger partial charge in [-0.25, -0.2) is 13.8 Å². The summed E-state index contributed by atoms with van der Waals surface area (Å²) in [6.07, 6.45) is 1.54. The van der Waals surface area contributed by atoms with Crippen LogP contribution in [-0.2, 0) is 4.79 Å². The maximum atomic E-state index is 13.5. The van der Waals surface area contributed by atoms with Gasteiger partial charge in [0.1, 0.15) is 11.9 Å². The van der Waals surface area contributed by atoms with Gasteiger partial charge < -0.3 is 15.5 Å². The molecule has 1 heterocycles. The lowest BCUT2D eigenvalue weighted by molar-refractivity contribution is -0.122. The molecule has 0 spiro atoms. The van der Waals surface area contributed by atoms with Gasteiger partial charge in [-0.05, 0) is 29.8 Å². The molecule has 1 aromatic heterocycles. The molecular formula is C17H18F2N4O2. The number of aromatic nitrogens is 1. The largest absolute Gasteiger partial charge is 0.362 e. The number of anilines is 1. The Labute approximate surface area is 143 Å². The number of halogens is 2. The highest BCUT2D eigenvalue weighted by Crippen LogP contribution is 2.20. The Morgan fingerprint density at radius 3 is 2.48 bits per heavy atom. The van der Waals surface area contributed by atoms with Crippen LogP contribution < -0.4 is 15.5 Å². The summed E-state index contributed by atoms with van der Waals surface area (Å²) in [7, 11) is 4.84. The van der Waals surface area contributed by atoms with Crippen molar-refractivity contribution in [2.24, 2.45) is 0 Å². The van der Waals surface area contributed by atoms with Crippen LogP contribution in [0, 0.1) is 11.6 Å². The zero-order valence-corrected chi connectivity index (χ0v) is 14.0. The number of benzene rings is 1. The van der Waals surface area contributed by atoms with Crippen LogP contribution in [0.5, 0.6) is 0 Å². The van der Waals surface area contributed by atoms with Crippen molar-refractivity contribution in [3.05, 3.63) is 59.3 Å². The summed E-state index contributed by atoms with van der Waals surface area (Å²) in [6.45, 7) is 0. The first-order valence-corrected chi connectivity index (χ1v) is 7.45. The summed E-state index contributed by atoms with van der Waals surface area (Å²) >= 11 is 0. The molecule has 2 N–H and O–H groups in total. The summed E-state index contributed by atoms with van der Waals surface area (Å²) < 4.78 is 26.6. The van der Waals surface area contributed by atoms with Crippen molar-refractivity contribution in [3.8, 4) is 0 Å². The Bertz CT molecular complexity index is 796. The molecule has 0 aliphatic rings. The third kappa shape index (κ3) is 4.09. The molecule has 0 aliphatic heterocycles. The second kappa shape index (κ2) is 7.69. The van der Waals surface area contributed by atoms with Crippen molar-refractivity contribution in [2.45, 2.75) is 6.04 Å². The van der Waals surface area contributed by atoms with Crippen molar-refractivity contribution in [2.75, 3.05) is 26.0 Å². The minimum atomic E-state index is -1.18. The molecular weight excluding hydrogens is 330 g/mol. The van der Waals surface area contributed by atoms with Gasteiger partial charge >= 0.3 is 0 Å². The van der Waals surface area contributed by atoms with Crippen LogP contribution >= 0.6 is 0 Å². The van der Waals surface area contributed by atoms with Gasteiger partial charge in [0.15, 0.2) is 11.6 Å². The van der Waals surface area contributed by atoms with E-state index in [1.165, 1.54) is 19.3 Å². The van der Waals surface area contributed by atoms with Crippen molar-refractivity contribution in [3.63, 3.8) is 0 Å². The van der Waals surface area contributed by atoms with Crippen molar-refractivity contribution in [1.29, 1.82) is 0 Å². The number of hydrogen-bond donors (Lipinski definition) is 2. The van der Waals surface area contributed by atoms with E-state index >= 15 is 0 Å². The Hall–Kier alpha value is -3.03. The number of hydrogen-bond acceptors (Lipinski definition) is 4. The Balaban J connectivity index is 2.36. The van der Waals surface area contributed by atoms with E-state index in [2.05, 4.69) is 15.6 Å². The molecule has 0 saturated heterocycles. The average Bonchev–Trinajstić information content (AvgIpc) is 2.61. The smallest absolute Gasteiger partial charge is 0.255 e. The van der Waals surface area contributed by atoms with Gasteiger partial charge in [-0.1, -0.05) is 6.07 Å². The van der Waals surface area contributed by atoms with Crippen LogP contribution in [-0.4, -0.2) is 37.9 Å². The molecule has 25 heavy (non-hydrogen) atoms. The molecule has 0 bridgehead atoms. The fraction of sp³-hybridized carbons (Fsp3) is 0.235. The fourth-order valence-electron chi connectivity index (χ4n) is 2.28. The predicted molar refractivity (Wildman–Crippen MR) is 89.2 cm³/mol. The quantitative estimate of drug-likeness (QED) is 0.862. The number of amides is 2. The lowest BCUT2D eigenvalue weighted by Gasteiger charge is -2.20. The monoisotopic (exact) mass is 348 g/mol. The van der Waals surface area contributed by atoms with Crippen molar-refractivity contribution in [1.82, 2.24) is 15.6 Å². The molecule has 8 heteroatoms. The SMILES string of the molecule is CNC(=O)C(NC(=O)c1cccnc1N(C)C)c1ccc(F)c(F)c1. The van der Waals surface area contributed by atoms with E-state index in [9.17, 15) is 18.4 Å². The maximum absolute atomic E-state index is 13.5. The summed E-state index contributed by atoms with van der Waals surface area (Å²) in [4.78, 5) is 30.5. The highest BCUT2D eigenvalue weighted by atomic mass is 19.2. The molecule has 0 saturated carbocycles. The third-order valence-corrected chi connectivity index (χ3v) is 3.52. The normalized spacial score (nSPS) is 11.6. The Morgan fingerprint density at radius 2 is 1.88 bits per heavy atom. The highest BCUT2D eigenvalue weighted by molar-refractivity contribution is 6.01. The lowest BCUT2D eigenvalue weighted by atomic mass is 10.0. The zero-order valence-electron chi connectivity index (χ0n) is 14.0. The number of nitrogens with one attached hydrogen (secondary N) is 2. The van der Waals surface area contributed by atoms with Crippen LogP contribution in [0.1, 0.15) is 22.0 Å². The predicted octanol–water partition coefficient (Wildman–Crippen LogP) is 1.64.